The highest BCUT2D eigenvalue weighted by atomic mass is 16.7. The number of fused-ring (bicyclic) bond motifs is 1. The first kappa shape index (κ1) is 18.1. The summed E-state index contributed by atoms with van der Waals surface area (Å²) in [5.41, 5.74) is -0.0483. The van der Waals surface area contributed by atoms with E-state index < -0.39 is 18.3 Å². The van der Waals surface area contributed by atoms with E-state index in [1.807, 2.05) is 45.9 Å². The molecule has 0 saturated carbocycles. The van der Waals surface area contributed by atoms with Crippen LogP contribution in [0.5, 0.6) is 11.5 Å². The standard InChI is InChI=1S/C18H25BO6/c1-17(2)18(3,4)25-19(24-17)13(11-16(20)21-5)12-6-7-14-15(10-12)23-9-8-22-14/h6-7,10,13H,8-9,11H2,1-5H3. The van der Waals surface area contributed by atoms with Crippen molar-refractivity contribution >= 4 is 13.1 Å². The molecule has 6 nitrogen and oxygen atoms in total. The Balaban J connectivity index is 1.92. The largest absolute Gasteiger partial charge is 0.486 e. The Kier molecular flexibility index (Phi) is 4.73. The van der Waals surface area contributed by atoms with Crippen LogP contribution < -0.4 is 9.47 Å². The highest BCUT2D eigenvalue weighted by Crippen LogP contribution is 2.43. The van der Waals surface area contributed by atoms with E-state index in [0.717, 1.165) is 5.56 Å². The molecule has 0 N–H and O–H groups in total. The monoisotopic (exact) mass is 348 g/mol. The Bertz CT molecular complexity index is 641. The molecule has 7 heteroatoms. The van der Waals surface area contributed by atoms with Crippen LogP contribution in [0.15, 0.2) is 18.2 Å². The molecular formula is C18H25BO6. The van der Waals surface area contributed by atoms with Gasteiger partial charge in [-0.3, -0.25) is 4.79 Å². The van der Waals surface area contributed by atoms with Crippen LogP contribution in [0.1, 0.15) is 45.5 Å². The maximum atomic E-state index is 12.0. The lowest BCUT2D eigenvalue weighted by molar-refractivity contribution is -0.140. The van der Waals surface area contributed by atoms with Crippen molar-refractivity contribution in [1.29, 1.82) is 0 Å². The van der Waals surface area contributed by atoms with Gasteiger partial charge in [0.05, 0.1) is 24.7 Å². The van der Waals surface area contributed by atoms with E-state index in [9.17, 15) is 4.79 Å². The summed E-state index contributed by atoms with van der Waals surface area (Å²) < 4.78 is 28.4. The Labute approximate surface area is 148 Å². The number of carbonyl (C=O) groups excluding carboxylic acids is 1. The van der Waals surface area contributed by atoms with Crippen LogP contribution in [0.3, 0.4) is 0 Å². The molecule has 25 heavy (non-hydrogen) atoms. The number of rotatable bonds is 4. The van der Waals surface area contributed by atoms with Gasteiger partial charge in [0.15, 0.2) is 11.5 Å². The maximum Gasteiger partial charge on any atom is 0.466 e. The van der Waals surface area contributed by atoms with Crippen molar-refractivity contribution in [2.24, 2.45) is 0 Å². The van der Waals surface area contributed by atoms with Crippen LogP contribution in [0, 0.1) is 0 Å². The lowest BCUT2D eigenvalue weighted by Crippen LogP contribution is -2.41. The van der Waals surface area contributed by atoms with Crippen molar-refractivity contribution in [2.45, 2.75) is 51.1 Å². The van der Waals surface area contributed by atoms with Gasteiger partial charge >= 0.3 is 13.1 Å². The van der Waals surface area contributed by atoms with Gasteiger partial charge in [-0.25, -0.2) is 0 Å². The van der Waals surface area contributed by atoms with Crippen LogP contribution in [-0.4, -0.2) is 44.6 Å². The van der Waals surface area contributed by atoms with Crippen LogP contribution in [0.25, 0.3) is 0 Å². The average molecular weight is 348 g/mol. The fraction of sp³-hybridized carbons (Fsp3) is 0.611. The van der Waals surface area contributed by atoms with Crippen molar-refractivity contribution in [3.63, 3.8) is 0 Å². The van der Waals surface area contributed by atoms with Crippen molar-refractivity contribution in [2.75, 3.05) is 20.3 Å². The van der Waals surface area contributed by atoms with Gasteiger partial charge in [0.2, 0.25) is 0 Å². The molecule has 0 amide bonds. The minimum Gasteiger partial charge on any atom is -0.486 e. The summed E-state index contributed by atoms with van der Waals surface area (Å²) in [5, 5.41) is 0. The molecular weight excluding hydrogens is 323 g/mol. The number of hydrogen-bond acceptors (Lipinski definition) is 6. The number of carbonyl (C=O) groups is 1. The summed E-state index contributed by atoms with van der Waals surface area (Å²) in [6.45, 7) is 9.01. The molecule has 1 aromatic rings. The van der Waals surface area contributed by atoms with E-state index in [2.05, 4.69) is 0 Å². The minimum atomic E-state index is -0.549. The smallest absolute Gasteiger partial charge is 0.466 e. The molecule has 2 aliphatic rings. The molecule has 1 atom stereocenters. The van der Waals surface area contributed by atoms with E-state index >= 15 is 0 Å². The first-order chi connectivity index (χ1) is 11.7. The van der Waals surface area contributed by atoms with Gasteiger partial charge in [0.1, 0.15) is 13.2 Å². The average Bonchev–Trinajstić information content (AvgIpc) is 2.79. The Morgan fingerprint density at radius 2 is 1.72 bits per heavy atom. The van der Waals surface area contributed by atoms with E-state index in [1.165, 1.54) is 7.11 Å². The molecule has 2 heterocycles. The maximum absolute atomic E-state index is 12.0. The van der Waals surface area contributed by atoms with E-state index in [1.54, 1.807) is 0 Å². The normalized spacial score (nSPS) is 21.7. The Hall–Kier alpha value is -1.73. The number of ether oxygens (including phenoxy) is 3. The SMILES string of the molecule is COC(=O)CC(B1OC(C)(C)C(C)(C)O1)c1ccc2c(c1)OCCO2. The Morgan fingerprint density at radius 3 is 2.32 bits per heavy atom. The second-order valence-corrected chi connectivity index (χ2v) is 7.41. The lowest BCUT2D eigenvalue weighted by atomic mass is 9.66. The number of benzene rings is 1. The van der Waals surface area contributed by atoms with Crippen molar-refractivity contribution in [3.8, 4) is 11.5 Å². The lowest BCUT2D eigenvalue weighted by Gasteiger charge is -2.32. The summed E-state index contributed by atoms with van der Waals surface area (Å²) in [5.74, 6) is 0.773. The highest BCUT2D eigenvalue weighted by molar-refractivity contribution is 6.48. The molecule has 2 aliphatic heterocycles. The molecule has 1 unspecified atom stereocenters. The van der Waals surface area contributed by atoms with Crippen molar-refractivity contribution in [1.82, 2.24) is 0 Å². The van der Waals surface area contributed by atoms with Gasteiger partial charge in [-0.15, -0.1) is 0 Å². The first-order valence-electron chi connectivity index (χ1n) is 8.55. The van der Waals surface area contributed by atoms with Crippen LogP contribution in [0.2, 0.25) is 0 Å². The van der Waals surface area contributed by atoms with E-state index in [4.69, 9.17) is 23.5 Å². The quantitative estimate of drug-likeness (QED) is 0.616. The molecule has 0 aliphatic carbocycles. The minimum absolute atomic E-state index is 0.160. The fourth-order valence-electron chi connectivity index (χ4n) is 2.98. The zero-order valence-corrected chi connectivity index (χ0v) is 15.5. The van der Waals surface area contributed by atoms with Gasteiger partial charge in [-0.1, -0.05) is 6.07 Å². The number of hydrogen-bond donors (Lipinski definition) is 0. The molecule has 3 rings (SSSR count). The fourth-order valence-corrected chi connectivity index (χ4v) is 2.98. The molecule has 136 valence electrons. The number of esters is 1. The third kappa shape index (κ3) is 3.48. The molecule has 0 aromatic heterocycles. The summed E-state index contributed by atoms with van der Waals surface area (Å²) >= 11 is 0. The second-order valence-electron chi connectivity index (χ2n) is 7.41. The predicted molar refractivity (Wildman–Crippen MR) is 92.9 cm³/mol. The number of methoxy groups -OCH3 is 1. The summed E-state index contributed by atoms with van der Waals surface area (Å²) in [7, 11) is 0.833. The zero-order chi connectivity index (χ0) is 18.2. The third-order valence-electron chi connectivity index (χ3n) is 5.21. The molecule has 0 bridgehead atoms. The van der Waals surface area contributed by atoms with Crippen LogP contribution in [-0.2, 0) is 18.8 Å². The van der Waals surface area contributed by atoms with Gasteiger partial charge in [-0.2, -0.15) is 0 Å². The molecule has 0 spiro atoms. The van der Waals surface area contributed by atoms with Gasteiger partial charge in [0, 0.05) is 5.82 Å². The summed E-state index contributed by atoms with van der Waals surface area (Å²) in [6, 6.07) is 5.68. The molecule has 1 aromatic carbocycles. The van der Waals surface area contributed by atoms with Crippen LogP contribution >= 0.6 is 0 Å². The van der Waals surface area contributed by atoms with Crippen molar-refractivity contribution < 1.29 is 28.3 Å². The van der Waals surface area contributed by atoms with Gasteiger partial charge in [-0.05, 0) is 45.4 Å². The Morgan fingerprint density at radius 1 is 1.12 bits per heavy atom. The molecule has 1 fully saturated rings. The summed E-state index contributed by atoms with van der Waals surface area (Å²) in [6.07, 6.45) is 0.160. The summed E-state index contributed by atoms with van der Waals surface area (Å²) in [4.78, 5) is 12.0. The topological polar surface area (TPSA) is 63.2 Å². The molecule has 1 saturated heterocycles. The van der Waals surface area contributed by atoms with E-state index in [-0.39, 0.29) is 18.2 Å². The zero-order valence-electron chi connectivity index (χ0n) is 15.5. The van der Waals surface area contributed by atoms with E-state index in [0.29, 0.717) is 24.7 Å². The highest BCUT2D eigenvalue weighted by Gasteiger charge is 2.54. The predicted octanol–water partition coefficient (Wildman–Crippen LogP) is 2.74. The van der Waals surface area contributed by atoms with Crippen LogP contribution in [0.4, 0.5) is 0 Å². The first-order valence-corrected chi connectivity index (χ1v) is 8.55. The molecule has 0 radical (unpaired) electrons. The van der Waals surface area contributed by atoms with Crippen molar-refractivity contribution in [3.05, 3.63) is 23.8 Å². The van der Waals surface area contributed by atoms with Gasteiger partial charge < -0.3 is 23.5 Å². The third-order valence-corrected chi connectivity index (χ3v) is 5.21. The second kappa shape index (κ2) is 6.54. The van der Waals surface area contributed by atoms with Gasteiger partial charge in [0.25, 0.3) is 0 Å².